The van der Waals surface area contributed by atoms with Gasteiger partial charge in [0.25, 0.3) is 0 Å². The zero-order valence-electron chi connectivity index (χ0n) is 10.7. The van der Waals surface area contributed by atoms with Crippen molar-refractivity contribution in [2.24, 2.45) is 0 Å². The molecule has 0 amide bonds. The fourth-order valence-electron chi connectivity index (χ4n) is 1.90. The fourth-order valence-corrected chi connectivity index (χ4v) is 2.19. The van der Waals surface area contributed by atoms with E-state index in [1.807, 2.05) is 25.1 Å². The van der Waals surface area contributed by atoms with Gasteiger partial charge in [0.2, 0.25) is 0 Å². The SMILES string of the molecule is Cc1ccc(NC(C)c2ccc(F)cc2F)c(Cl)c1. The Labute approximate surface area is 116 Å². The Balaban J connectivity index is 2.23. The van der Waals surface area contributed by atoms with E-state index in [4.69, 9.17) is 11.6 Å². The number of benzene rings is 2. The second-order valence-electron chi connectivity index (χ2n) is 4.52. The van der Waals surface area contributed by atoms with Gasteiger partial charge in [-0.25, -0.2) is 8.78 Å². The van der Waals surface area contributed by atoms with Gasteiger partial charge in [-0.05, 0) is 37.6 Å². The van der Waals surface area contributed by atoms with E-state index in [0.717, 1.165) is 17.3 Å². The topological polar surface area (TPSA) is 12.0 Å². The third-order valence-electron chi connectivity index (χ3n) is 2.93. The smallest absolute Gasteiger partial charge is 0.131 e. The maximum Gasteiger partial charge on any atom is 0.131 e. The maximum absolute atomic E-state index is 13.7. The van der Waals surface area contributed by atoms with Crippen molar-refractivity contribution in [1.29, 1.82) is 0 Å². The summed E-state index contributed by atoms with van der Waals surface area (Å²) in [6, 6.07) is 8.85. The first-order chi connectivity index (χ1) is 8.97. The van der Waals surface area contributed by atoms with Crippen molar-refractivity contribution < 1.29 is 8.78 Å². The average molecular weight is 282 g/mol. The lowest BCUT2D eigenvalue weighted by Gasteiger charge is -2.17. The Kier molecular flexibility index (Phi) is 4.05. The summed E-state index contributed by atoms with van der Waals surface area (Å²) >= 11 is 6.11. The van der Waals surface area contributed by atoms with Crippen LogP contribution in [0.1, 0.15) is 24.1 Å². The highest BCUT2D eigenvalue weighted by Crippen LogP contribution is 2.28. The number of hydrogen-bond acceptors (Lipinski definition) is 1. The van der Waals surface area contributed by atoms with Crippen LogP contribution in [0.3, 0.4) is 0 Å². The predicted molar refractivity (Wildman–Crippen MR) is 74.6 cm³/mol. The van der Waals surface area contributed by atoms with Crippen LogP contribution in [0.15, 0.2) is 36.4 Å². The minimum absolute atomic E-state index is 0.305. The molecular formula is C15H14ClF2N. The normalized spacial score (nSPS) is 12.3. The first-order valence-electron chi connectivity index (χ1n) is 5.95. The molecule has 1 nitrogen and oxygen atoms in total. The minimum atomic E-state index is -0.582. The fraction of sp³-hybridized carbons (Fsp3) is 0.200. The molecule has 0 heterocycles. The number of rotatable bonds is 3. The minimum Gasteiger partial charge on any atom is -0.377 e. The van der Waals surface area contributed by atoms with Crippen molar-refractivity contribution in [2.45, 2.75) is 19.9 Å². The van der Waals surface area contributed by atoms with Crippen LogP contribution in [0.5, 0.6) is 0 Å². The molecule has 0 saturated heterocycles. The summed E-state index contributed by atoms with van der Waals surface area (Å²) in [5.74, 6) is -1.15. The molecule has 2 rings (SSSR count). The van der Waals surface area contributed by atoms with Gasteiger partial charge in [-0.3, -0.25) is 0 Å². The van der Waals surface area contributed by atoms with Crippen molar-refractivity contribution >= 4 is 17.3 Å². The molecule has 0 aliphatic carbocycles. The maximum atomic E-state index is 13.7. The van der Waals surface area contributed by atoms with E-state index in [2.05, 4.69) is 5.32 Å². The quantitative estimate of drug-likeness (QED) is 0.825. The highest BCUT2D eigenvalue weighted by Gasteiger charge is 2.12. The van der Waals surface area contributed by atoms with Crippen LogP contribution in [-0.2, 0) is 0 Å². The molecule has 0 saturated carbocycles. The molecule has 1 unspecified atom stereocenters. The van der Waals surface area contributed by atoms with Crippen molar-refractivity contribution in [2.75, 3.05) is 5.32 Å². The second-order valence-corrected chi connectivity index (χ2v) is 4.92. The summed E-state index contributed by atoms with van der Waals surface area (Å²) in [7, 11) is 0. The Bertz CT molecular complexity index is 599. The third-order valence-corrected chi connectivity index (χ3v) is 3.24. The Morgan fingerprint density at radius 2 is 1.84 bits per heavy atom. The molecule has 100 valence electrons. The first-order valence-corrected chi connectivity index (χ1v) is 6.33. The summed E-state index contributed by atoms with van der Waals surface area (Å²) in [6.07, 6.45) is 0. The number of nitrogens with one attached hydrogen (secondary N) is 1. The van der Waals surface area contributed by atoms with E-state index in [9.17, 15) is 8.78 Å². The van der Waals surface area contributed by atoms with E-state index < -0.39 is 11.6 Å². The molecule has 19 heavy (non-hydrogen) atoms. The van der Waals surface area contributed by atoms with Crippen molar-refractivity contribution in [3.63, 3.8) is 0 Å². The Hall–Kier alpha value is -1.61. The number of halogens is 3. The largest absolute Gasteiger partial charge is 0.377 e. The van der Waals surface area contributed by atoms with Crippen molar-refractivity contribution in [3.8, 4) is 0 Å². The zero-order valence-corrected chi connectivity index (χ0v) is 11.4. The van der Waals surface area contributed by atoms with Crippen LogP contribution >= 0.6 is 11.6 Å². The van der Waals surface area contributed by atoms with Gasteiger partial charge in [0.1, 0.15) is 11.6 Å². The zero-order chi connectivity index (χ0) is 14.0. The lowest BCUT2D eigenvalue weighted by atomic mass is 10.1. The van der Waals surface area contributed by atoms with Crippen LogP contribution in [-0.4, -0.2) is 0 Å². The molecule has 0 bridgehead atoms. The van der Waals surface area contributed by atoms with Gasteiger partial charge < -0.3 is 5.32 Å². The van der Waals surface area contributed by atoms with Crippen LogP contribution in [0.25, 0.3) is 0 Å². The lowest BCUT2D eigenvalue weighted by molar-refractivity contribution is 0.566. The van der Waals surface area contributed by atoms with Crippen LogP contribution in [0.4, 0.5) is 14.5 Å². The van der Waals surface area contributed by atoms with Crippen LogP contribution in [0, 0.1) is 18.6 Å². The van der Waals surface area contributed by atoms with Gasteiger partial charge in [0.05, 0.1) is 16.8 Å². The molecule has 0 spiro atoms. The van der Waals surface area contributed by atoms with Gasteiger partial charge in [0.15, 0.2) is 0 Å². The molecule has 0 aliphatic heterocycles. The summed E-state index contributed by atoms with van der Waals surface area (Å²) in [5, 5.41) is 3.70. The van der Waals surface area contributed by atoms with E-state index >= 15 is 0 Å². The molecule has 4 heteroatoms. The number of aryl methyl sites for hydroxylation is 1. The summed E-state index contributed by atoms with van der Waals surface area (Å²) in [4.78, 5) is 0. The van der Waals surface area contributed by atoms with Crippen molar-refractivity contribution in [3.05, 3.63) is 64.2 Å². The third kappa shape index (κ3) is 3.24. The lowest BCUT2D eigenvalue weighted by Crippen LogP contribution is -2.09. The Morgan fingerprint density at radius 1 is 1.11 bits per heavy atom. The number of anilines is 1. The average Bonchev–Trinajstić information content (AvgIpc) is 2.32. The number of hydrogen-bond donors (Lipinski definition) is 1. The van der Waals surface area contributed by atoms with E-state index in [0.29, 0.717) is 10.6 Å². The highest BCUT2D eigenvalue weighted by molar-refractivity contribution is 6.33. The molecule has 0 aliphatic rings. The van der Waals surface area contributed by atoms with Gasteiger partial charge in [-0.2, -0.15) is 0 Å². The summed E-state index contributed by atoms with van der Waals surface area (Å²) < 4.78 is 26.5. The van der Waals surface area contributed by atoms with E-state index in [1.54, 1.807) is 6.92 Å². The van der Waals surface area contributed by atoms with Gasteiger partial charge in [0, 0.05) is 11.6 Å². The molecule has 2 aromatic rings. The van der Waals surface area contributed by atoms with Gasteiger partial charge >= 0.3 is 0 Å². The van der Waals surface area contributed by atoms with E-state index in [-0.39, 0.29) is 6.04 Å². The molecule has 1 atom stereocenters. The van der Waals surface area contributed by atoms with Crippen LogP contribution in [0.2, 0.25) is 5.02 Å². The molecule has 0 radical (unpaired) electrons. The molecule has 1 N–H and O–H groups in total. The predicted octanol–water partition coefficient (Wildman–Crippen LogP) is 5.10. The van der Waals surface area contributed by atoms with Crippen molar-refractivity contribution in [1.82, 2.24) is 0 Å². The highest BCUT2D eigenvalue weighted by atomic mass is 35.5. The molecular weight excluding hydrogens is 268 g/mol. The van der Waals surface area contributed by atoms with Gasteiger partial charge in [-0.15, -0.1) is 0 Å². The molecule has 0 aromatic heterocycles. The Morgan fingerprint density at radius 3 is 2.47 bits per heavy atom. The second kappa shape index (κ2) is 5.57. The summed E-state index contributed by atoms with van der Waals surface area (Å²) in [6.45, 7) is 3.74. The van der Waals surface area contributed by atoms with Gasteiger partial charge in [-0.1, -0.05) is 23.7 Å². The monoisotopic (exact) mass is 281 g/mol. The van der Waals surface area contributed by atoms with Crippen LogP contribution < -0.4 is 5.32 Å². The summed E-state index contributed by atoms with van der Waals surface area (Å²) in [5.41, 5.74) is 2.18. The van der Waals surface area contributed by atoms with E-state index in [1.165, 1.54) is 12.1 Å². The standard InChI is InChI=1S/C15H14ClF2N/c1-9-3-6-15(13(16)7-9)19-10(2)12-5-4-11(17)8-14(12)18/h3-8,10,19H,1-2H3. The molecule has 2 aromatic carbocycles. The first kappa shape index (κ1) is 13.8. The molecule has 0 fully saturated rings.